The lowest BCUT2D eigenvalue weighted by Crippen LogP contribution is -2.42. The van der Waals surface area contributed by atoms with Crippen molar-refractivity contribution < 1.29 is 4.74 Å². The number of ether oxygens (including phenoxy) is 1. The molecule has 0 aliphatic carbocycles. The normalized spacial score (nSPS) is 30.2. The zero-order valence-corrected chi connectivity index (χ0v) is 9.88. The smallest absolute Gasteiger partial charge is 0.0465 e. The molecule has 2 nitrogen and oxygen atoms in total. The van der Waals surface area contributed by atoms with Crippen molar-refractivity contribution in [3.8, 4) is 0 Å². The van der Waals surface area contributed by atoms with Gasteiger partial charge in [0.2, 0.25) is 0 Å². The van der Waals surface area contributed by atoms with Crippen LogP contribution in [0.1, 0.15) is 39.5 Å². The third kappa shape index (κ3) is 3.58. The molecule has 1 saturated heterocycles. The van der Waals surface area contributed by atoms with E-state index in [1.54, 1.807) is 7.11 Å². The van der Waals surface area contributed by atoms with Crippen LogP contribution in [0.3, 0.4) is 0 Å². The Morgan fingerprint density at radius 3 is 2.93 bits per heavy atom. The summed E-state index contributed by atoms with van der Waals surface area (Å²) in [5.41, 5.74) is 0. The third-order valence-electron chi connectivity index (χ3n) is 3.59. The molecule has 1 N–H and O–H groups in total. The van der Waals surface area contributed by atoms with Crippen LogP contribution in [0.2, 0.25) is 0 Å². The molecule has 0 radical (unpaired) electrons. The van der Waals surface area contributed by atoms with E-state index >= 15 is 0 Å². The predicted octanol–water partition coefficient (Wildman–Crippen LogP) is 2.44. The summed E-state index contributed by atoms with van der Waals surface area (Å²) in [6.07, 6.45) is 5.26. The quantitative estimate of drug-likeness (QED) is 0.734. The van der Waals surface area contributed by atoms with E-state index in [0.717, 1.165) is 24.5 Å². The second-order valence-corrected chi connectivity index (χ2v) is 4.62. The molecule has 14 heavy (non-hydrogen) atoms. The van der Waals surface area contributed by atoms with Crippen LogP contribution in [0.5, 0.6) is 0 Å². The van der Waals surface area contributed by atoms with Gasteiger partial charge in [-0.15, -0.1) is 0 Å². The summed E-state index contributed by atoms with van der Waals surface area (Å²) >= 11 is 0. The van der Waals surface area contributed by atoms with Crippen molar-refractivity contribution in [2.24, 2.45) is 11.8 Å². The molecular weight excluding hydrogens is 174 g/mol. The van der Waals surface area contributed by atoms with Gasteiger partial charge in [-0.05, 0) is 37.6 Å². The van der Waals surface area contributed by atoms with Crippen LogP contribution in [0.15, 0.2) is 0 Å². The fraction of sp³-hybridized carbons (Fsp3) is 1.00. The second kappa shape index (κ2) is 6.41. The molecule has 0 bridgehead atoms. The van der Waals surface area contributed by atoms with Crippen molar-refractivity contribution in [2.45, 2.75) is 45.6 Å². The number of hydrogen-bond acceptors (Lipinski definition) is 2. The molecule has 3 unspecified atom stereocenters. The summed E-state index contributed by atoms with van der Waals surface area (Å²) in [5, 5.41) is 3.64. The zero-order chi connectivity index (χ0) is 10.4. The third-order valence-corrected chi connectivity index (χ3v) is 3.59. The highest BCUT2D eigenvalue weighted by atomic mass is 16.5. The molecule has 0 aromatic heterocycles. The molecule has 84 valence electrons. The molecule has 0 spiro atoms. The lowest BCUT2D eigenvalue weighted by Gasteiger charge is -2.33. The van der Waals surface area contributed by atoms with Gasteiger partial charge in [-0.25, -0.2) is 0 Å². The van der Waals surface area contributed by atoms with Gasteiger partial charge in [0.25, 0.3) is 0 Å². The minimum atomic E-state index is 0.726. The lowest BCUT2D eigenvalue weighted by atomic mass is 9.84. The van der Waals surface area contributed by atoms with E-state index in [0.29, 0.717) is 0 Å². The Hall–Kier alpha value is -0.0800. The summed E-state index contributed by atoms with van der Waals surface area (Å²) in [4.78, 5) is 0. The van der Waals surface area contributed by atoms with Crippen molar-refractivity contribution >= 4 is 0 Å². The first-order chi connectivity index (χ1) is 6.77. The number of hydrogen-bond donors (Lipinski definition) is 1. The molecular formula is C12H25NO. The Morgan fingerprint density at radius 2 is 2.29 bits per heavy atom. The summed E-state index contributed by atoms with van der Waals surface area (Å²) in [6.45, 7) is 6.76. The van der Waals surface area contributed by atoms with E-state index in [4.69, 9.17) is 4.74 Å². The average Bonchev–Trinajstić information content (AvgIpc) is 2.26. The summed E-state index contributed by atoms with van der Waals surface area (Å²) in [5.74, 6) is 1.70. The molecule has 2 heteroatoms. The Kier molecular flexibility index (Phi) is 5.49. The largest absolute Gasteiger partial charge is 0.385 e. The lowest BCUT2D eigenvalue weighted by molar-refractivity contribution is 0.156. The number of methoxy groups -OCH3 is 1. The van der Waals surface area contributed by atoms with E-state index in [1.807, 2.05) is 0 Å². The van der Waals surface area contributed by atoms with Crippen LogP contribution in [0.25, 0.3) is 0 Å². The Balaban J connectivity index is 2.27. The van der Waals surface area contributed by atoms with Crippen molar-refractivity contribution in [1.82, 2.24) is 5.32 Å². The van der Waals surface area contributed by atoms with Crippen LogP contribution in [-0.4, -0.2) is 26.3 Å². The van der Waals surface area contributed by atoms with Gasteiger partial charge in [0, 0.05) is 19.8 Å². The monoisotopic (exact) mass is 199 g/mol. The molecule has 1 fully saturated rings. The number of piperidine rings is 1. The van der Waals surface area contributed by atoms with Crippen LogP contribution in [0, 0.1) is 11.8 Å². The van der Waals surface area contributed by atoms with Crippen LogP contribution >= 0.6 is 0 Å². The van der Waals surface area contributed by atoms with Gasteiger partial charge in [-0.2, -0.15) is 0 Å². The van der Waals surface area contributed by atoms with Gasteiger partial charge in [0.1, 0.15) is 0 Å². The van der Waals surface area contributed by atoms with Gasteiger partial charge < -0.3 is 10.1 Å². The van der Waals surface area contributed by atoms with Crippen molar-refractivity contribution in [3.05, 3.63) is 0 Å². The zero-order valence-electron chi connectivity index (χ0n) is 9.88. The second-order valence-electron chi connectivity index (χ2n) is 4.62. The molecule has 1 rings (SSSR count). The highest BCUT2D eigenvalue weighted by Gasteiger charge is 2.24. The molecule has 0 aromatic carbocycles. The maximum absolute atomic E-state index is 5.13. The first-order valence-corrected chi connectivity index (χ1v) is 6.00. The maximum atomic E-state index is 5.13. The Labute approximate surface area is 88.4 Å². The molecule has 1 aliphatic heterocycles. The fourth-order valence-corrected chi connectivity index (χ4v) is 2.34. The number of rotatable bonds is 5. The minimum Gasteiger partial charge on any atom is -0.385 e. The standard InChI is InChI=1S/C12H25NO/c1-4-11-5-7-13-12(9-11)10(2)6-8-14-3/h10-13H,4-9H2,1-3H3. The van der Waals surface area contributed by atoms with Crippen LogP contribution < -0.4 is 5.32 Å². The first kappa shape index (κ1) is 12.0. The maximum Gasteiger partial charge on any atom is 0.0465 e. The van der Waals surface area contributed by atoms with Crippen LogP contribution in [-0.2, 0) is 4.74 Å². The van der Waals surface area contributed by atoms with E-state index in [1.165, 1.54) is 32.2 Å². The minimum absolute atomic E-state index is 0.726. The van der Waals surface area contributed by atoms with Crippen molar-refractivity contribution in [1.29, 1.82) is 0 Å². The van der Waals surface area contributed by atoms with Gasteiger partial charge in [0.05, 0.1) is 0 Å². The van der Waals surface area contributed by atoms with Crippen molar-refractivity contribution in [2.75, 3.05) is 20.3 Å². The molecule has 1 aliphatic rings. The number of nitrogens with one attached hydrogen (secondary N) is 1. The van der Waals surface area contributed by atoms with Gasteiger partial charge in [0.15, 0.2) is 0 Å². The summed E-state index contributed by atoms with van der Waals surface area (Å²) in [7, 11) is 1.79. The summed E-state index contributed by atoms with van der Waals surface area (Å²) < 4.78 is 5.13. The highest BCUT2D eigenvalue weighted by Crippen LogP contribution is 2.24. The topological polar surface area (TPSA) is 21.3 Å². The van der Waals surface area contributed by atoms with E-state index in [2.05, 4.69) is 19.2 Å². The van der Waals surface area contributed by atoms with Gasteiger partial charge >= 0.3 is 0 Å². The summed E-state index contributed by atoms with van der Waals surface area (Å²) in [6, 6.07) is 0.726. The van der Waals surface area contributed by atoms with Gasteiger partial charge in [-0.3, -0.25) is 0 Å². The molecule has 0 saturated carbocycles. The van der Waals surface area contributed by atoms with Gasteiger partial charge in [-0.1, -0.05) is 20.3 Å². The first-order valence-electron chi connectivity index (χ1n) is 6.00. The van der Waals surface area contributed by atoms with Crippen LogP contribution in [0.4, 0.5) is 0 Å². The highest BCUT2D eigenvalue weighted by molar-refractivity contribution is 4.81. The SMILES string of the molecule is CCC1CCNC(C(C)CCOC)C1. The Morgan fingerprint density at radius 1 is 1.50 bits per heavy atom. The van der Waals surface area contributed by atoms with E-state index in [9.17, 15) is 0 Å². The molecule has 3 atom stereocenters. The Bertz CT molecular complexity index is 149. The molecule has 0 aromatic rings. The molecule has 0 amide bonds. The fourth-order valence-electron chi connectivity index (χ4n) is 2.34. The van der Waals surface area contributed by atoms with E-state index in [-0.39, 0.29) is 0 Å². The predicted molar refractivity (Wildman–Crippen MR) is 60.5 cm³/mol. The van der Waals surface area contributed by atoms with E-state index < -0.39 is 0 Å². The average molecular weight is 199 g/mol. The molecule has 1 heterocycles. The van der Waals surface area contributed by atoms with Crippen molar-refractivity contribution in [3.63, 3.8) is 0 Å².